The minimum Gasteiger partial charge on any atom is -0.494 e. The van der Waals surface area contributed by atoms with E-state index in [1.54, 1.807) is 33.1 Å². The monoisotopic (exact) mass is 651 g/mol. The molecule has 0 radical (unpaired) electrons. The highest BCUT2D eigenvalue weighted by atomic mass is 19.2. The van der Waals surface area contributed by atoms with Crippen molar-refractivity contribution >= 4 is 17.3 Å². The second-order valence-corrected chi connectivity index (χ2v) is 11.7. The predicted molar refractivity (Wildman–Crippen MR) is 175 cm³/mol. The number of rotatable bonds is 8. The van der Waals surface area contributed by atoms with Crippen LogP contribution in [0.15, 0.2) is 79.8 Å². The van der Waals surface area contributed by atoms with Gasteiger partial charge in [-0.15, -0.1) is 0 Å². The van der Waals surface area contributed by atoms with E-state index < -0.39 is 23.4 Å². The zero-order valence-corrected chi connectivity index (χ0v) is 26.8. The highest BCUT2D eigenvalue weighted by Gasteiger charge is 2.28. The summed E-state index contributed by atoms with van der Waals surface area (Å²) in [6.07, 6.45) is 11.1. The SMILES string of the molecule is COc1cc(N(c2ccc(-n3cnc(C)c3)c(OC)c2)c2ncc3c(n2)C(c2cc(F)c(F)c(F)c2)CCC3)ccc1-n1cnc(C)c1. The van der Waals surface area contributed by atoms with E-state index in [1.807, 2.05) is 76.7 Å². The molecule has 0 N–H and O–H groups in total. The maximum absolute atomic E-state index is 14.4. The van der Waals surface area contributed by atoms with Crippen molar-refractivity contribution in [3.8, 4) is 22.9 Å². The van der Waals surface area contributed by atoms with Crippen molar-refractivity contribution in [1.82, 2.24) is 29.1 Å². The number of benzene rings is 3. The molecule has 1 aliphatic carbocycles. The molecule has 0 bridgehead atoms. The topological polar surface area (TPSA) is 83.1 Å². The first kappa shape index (κ1) is 31.0. The molecule has 1 aliphatic rings. The quantitative estimate of drug-likeness (QED) is 0.155. The van der Waals surface area contributed by atoms with Gasteiger partial charge in [-0.25, -0.2) is 33.1 Å². The zero-order chi connectivity index (χ0) is 33.5. The van der Waals surface area contributed by atoms with Crippen molar-refractivity contribution < 1.29 is 22.6 Å². The number of ether oxygens (including phenoxy) is 2. The first-order chi connectivity index (χ1) is 23.2. The Hall–Kier alpha value is -5.65. The molecule has 3 heterocycles. The van der Waals surface area contributed by atoms with Crippen LogP contribution in [0.25, 0.3) is 11.4 Å². The van der Waals surface area contributed by atoms with Crippen molar-refractivity contribution in [3.05, 3.63) is 125 Å². The van der Waals surface area contributed by atoms with Crippen LogP contribution in [0.3, 0.4) is 0 Å². The first-order valence-corrected chi connectivity index (χ1v) is 15.4. The molecule has 48 heavy (non-hydrogen) atoms. The number of methoxy groups -OCH3 is 2. The molecule has 0 saturated carbocycles. The summed E-state index contributed by atoms with van der Waals surface area (Å²) in [6.45, 7) is 3.83. The Balaban J connectivity index is 1.39. The summed E-state index contributed by atoms with van der Waals surface area (Å²) >= 11 is 0. The molecular formula is C36H32F3N7O2. The predicted octanol–water partition coefficient (Wildman–Crippen LogP) is 7.84. The van der Waals surface area contributed by atoms with Crippen LogP contribution in [0.5, 0.6) is 11.5 Å². The van der Waals surface area contributed by atoms with Crippen molar-refractivity contribution in [1.29, 1.82) is 0 Å². The number of anilines is 3. The highest BCUT2D eigenvalue weighted by Crippen LogP contribution is 2.42. The van der Waals surface area contributed by atoms with Crippen LogP contribution in [-0.4, -0.2) is 43.3 Å². The van der Waals surface area contributed by atoms with E-state index in [9.17, 15) is 13.2 Å². The van der Waals surface area contributed by atoms with Crippen molar-refractivity contribution in [3.63, 3.8) is 0 Å². The lowest BCUT2D eigenvalue weighted by molar-refractivity contribution is 0.412. The molecule has 244 valence electrons. The van der Waals surface area contributed by atoms with Gasteiger partial charge in [-0.3, -0.25) is 4.90 Å². The Morgan fingerprint density at radius 2 is 1.33 bits per heavy atom. The fourth-order valence-corrected chi connectivity index (χ4v) is 6.27. The van der Waals surface area contributed by atoms with E-state index in [2.05, 4.69) is 9.97 Å². The van der Waals surface area contributed by atoms with E-state index in [4.69, 9.17) is 19.4 Å². The van der Waals surface area contributed by atoms with Gasteiger partial charge in [0.05, 0.1) is 66.7 Å². The maximum atomic E-state index is 14.4. The van der Waals surface area contributed by atoms with E-state index in [0.717, 1.165) is 46.9 Å². The third-order valence-electron chi connectivity index (χ3n) is 8.59. The van der Waals surface area contributed by atoms with Gasteiger partial charge in [0, 0.05) is 36.6 Å². The first-order valence-electron chi connectivity index (χ1n) is 15.4. The molecule has 0 fully saturated rings. The lowest BCUT2D eigenvalue weighted by atomic mass is 9.82. The van der Waals surface area contributed by atoms with Crippen LogP contribution in [0.1, 0.15) is 47.0 Å². The smallest absolute Gasteiger partial charge is 0.234 e. The van der Waals surface area contributed by atoms with E-state index >= 15 is 0 Å². The van der Waals surface area contributed by atoms with Gasteiger partial charge in [-0.1, -0.05) is 0 Å². The van der Waals surface area contributed by atoms with Crippen molar-refractivity contribution in [2.24, 2.45) is 0 Å². The molecule has 6 aromatic rings. The number of hydrogen-bond donors (Lipinski definition) is 0. The van der Waals surface area contributed by atoms with Gasteiger partial charge in [0.15, 0.2) is 17.5 Å². The number of fused-ring (bicyclic) bond motifs is 1. The number of halogens is 3. The van der Waals surface area contributed by atoms with Crippen LogP contribution in [0.4, 0.5) is 30.5 Å². The number of imidazole rings is 2. The van der Waals surface area contributed by atoms with Gasteiger partial charge >= 0.3 is 0 Å². The van der Waals surface area contributed by atoms with E-state index in [-0.39, 0.29) is 0 Å². The average molecular weight is 652 g/mol. The van der Waals surface area contributed by atoms with Crippen molar-refractivity contribution in [2.75, 3.05) is 19.1 Å². The Morgan fingerprint density at radius 1 is 0.771 bits per heavy atom. The molecule has 0 aliphatic heterocycles. The molecule has 3 aromatic heterocycles. The average Bonchev–Trinajstić information content (AvgIpc) is 3.74. The summed E-state index contributed by atoms with van der Waals surface area (Å²) in [5, 5.41) is 0. The summed E-state index contributed by atoms with van der Waals surface area (Å²) in [5.41, 5.74) is 6.50. The van der Waals surface area contributed by atoms with Gasteiger partial charge < -0.3 is 18.6 Å². The summed E-state index contributed by atoms with van der Waals surface area (Å²) < 4.78 is 58.1. The second-order valence-electron chi connectivity index (χ2n) is 11.7. The molecule has 0 saturated heterocycles. The van der Waals surface area contributed by atoms with E-state index in [0.29, 0.717) is 52.9 Å². The standard InChI is InChI=1S/C36H32F3N7O2/c1-21-17-44(19-41-21)30-10-8-25(14-32(30)47-3)46(26-9-11-31(33(15-26)48-4)45-18-22(2)42-20-45)36-40-16-23-6-5-7-27(35(23)43-36)24-12-28(37)34(39)29(38)13-24/h8-20,27H,5-7H2,1-4H3. The maximum Gasteiger partial charge on any atom is 0.234 e. The minimum absolute atomic E-state index is 0.324. The summed E-state index contributed by atoms with van der Waals surface area (Å²) in [5.74, 6) is -2.91. The Kier molecular flexibility index (Phi) is 8.07. The van der Waals surface area contributed by atoms with Crippen LogP contribution in [0.2, 0.25) is 0 Å². The molecule has 3 aromatic carbocycles. The molecule has 1 unspecified atom stereocenters. The fourth-order valence-electron chi connectivity index (χ4n) is 6.27. The second kappa shape index (κ2) is 12.5. The summed E-state index contributed by atoms with van der Waals surface area (Å²) in [7, 11) is 3.20. The Labute approximate surface area is 275 Å². The van der Waals surface area contributed by atoms with Crippen LogP contribution < -0.4 is 14.4 Å². The van der Waals surface area contributed by atoms with Gasteiger partial charge in [-0.2, -0.15) is 0 Å². The summed E-state index contributed by atoms with van der Waals surface area (Å²) in [4.78, 5) is 20.4. The summed E-state index contributed by atoms with van der Waals surface area (Å²) in [6, 6.07) is 13.6. The van der Waals surface area contributed by atoms with Gasteiger partial charge in [-0.05, 0) is 80.6 Å². The molecule has 12 heteroatoms. The number of hydrogen-bond acceptors (Lipinski definition) is 7. The number of aryl methyl sites for hydroxylation is 3. The van der Waals surface area contributed by atoms with Gasteiger partial charge in [0.2, 0.25) is 5.95 Å². The van der Waals surface area contributed by atoms with Crippen LogP contribution in [-0.2, 0) is 6.42 Å². The zero-order valence-electron chi connectivity index (χ0n) is 26.8. The third kappa shape index (κ3) is 5.63. The largest absolute Gasteiger partial charge is 0.494 e. The number of aromatic nitrogens is 6. The molecule has 0 amide bonds. The molecular weight excluding hydrogens is 619 g/mol. The van der Waals surface area contributed by atoms with E-state index in [1.165, 1.54) is 0 Å². The molecule has 9 nitrogen and oxygen atoms in total. The lowest BCUT2D eigenvalue weighted by Gasteiger charge is -2.29. The third-order valence-corrected chi connectivity index (χ3v) is 8.59. The molecule has 7 rings (SSSR count). The lowest BCUT2D eigenvalue weighted by Crippen LogP contribution is -2.19. The molecule has 0 spiro atoms. The fraction of sp³-hybridized carbons (Fsp3) is 0.222. The minimum atomic E-state index is -1.49. The number of nitrogens with zero attached hydrogens (tertiary/aromatic N) is 7. The normalized spacial score (nSPS) is 14.1. The highest BCUT2D eigenvalue weighted by molar-refractivity contribution is 5.77. The van der Waals surface area contributed by atoms with Crippen molar-refractivity contribution in [2.45, 2.75) is 39.0 Å². The van der Waals surface area contributed by atoms with Crippen LogP contribution in [0, 0.1) is 31.3 Å². The van der Waals surface area contributed by atoms with Gasteiger partial charge in [0.1, 0.15) is 11.5 Å². The van der Waals surface area contributed by atoms with Gasteiger partial charge in [0.25, 0.3) is 0 Å². The Bertz CT molecular complexity index is 2030. The van der Waals surface area contributed by atoms with Crippen LogP contribution >= 0.6 is 0 Å². The molecule has 1 atom stereocenters. The Morgan fingerprint density at radius 3 is 1.83 bits per heavy atom.